The number of aromatic nitrogens is 1. The first-order valence-corrected chi connectivity index (χ1v) is 10.5. The molecule has 0 bridgehead atoms. The van der Waals surface area contributed by atoms with Gasteiger partial charge in [-0.2, -0.15) is 0 Å². The highest BCUT2D eigenvalue weighted by Crippen LogP contribution is 2.43. The standard InChI is InChI=1S/C22H27N3O4.CH2O2/c1-24(2)14-15-13-22(21(27)29-15)8-10-25(11-9-22)20(26)18-12-19(28-3)16-6-4-5-7-17(16)23-18;2-1-3/h4-7,12,15H,8-11,13-14H2,1-3H3;1H,(H,2,3). The Kier molecular flexibility index (Phi) is 7.29. The normalized spacial score (nSPS) is 19.4. The summed E-state index contributed by atoms with van der Waals surface area (Å²) < 4.78 is 11.1. The summed E-state index contributed by atoms with van der Waals surface area (Å²) in [6.07, 6.45) is 1.93. The summed E-state index contributed by atoms with van der Waals surface area (Å²) in [4.78, 5) is 42.4. The molecule has 172 valence electrons. The summed E-state index contributed by atoms with van der Waals surface area (Å²) in [7, 11) is 5.55. The zero-order chi connectivity index (χ0) is 23.3. The number of carbonyl (C=O) groups is 3. The summed E-state index contributed by atoms with van der Waals surface area (Å²) >= 11 is 0. The third-order valence-corrected chi connectivity index (χ3v) is 6.02. The molecular formula is C23H29N3O6. The molecule has 1 spiro atoms. The second kappa shape index (κ2) is 9.95. The predicted octanol–water partition coefficient (Wildman–Crippen LogP) is 2.04. The first-order valence-electron chi connectivity index (χ1n) is 10.5. The number of fused-ring (bicyclic) bond motifs is 1. The fourth-order valence-corrected chi connectivity index (χ4v) is 4.48. The minimum absolute atomic E-state index is 0.0637. The number of carboxylic acid groups (broad SMARTS) is 1. The van der Waals surface area contributed by atoms with Gasteiger partial charge in [0.1, 0.15) is 17.5 Å². The van der Waals surface area contributed by atoms with Crippen LogP contribution < -0.4 is 4.74 Å². The van der Waals surface area contributed by atoms with E-state index in [2.05, 4.69) is 4.98 Å². The summed E-state index contributed by atoms with van der Waals surface area (Å²) in [5.74, 6) is 0.403. The smallest absolute Gasteiger partial charge is 0.312 e. The van der Waals surface area contributed by atoms with Gasteiger partial charge in [-0.1, -0.05) is 12.1 Å². The zero-order valence-electron chi connectivity index (χ0n) is 18.6. The number of carbonyl (C=O) groups excluding carboxylic acids is 2. The van der Waals surface area contributed by atoms with Gasteiger partial charge >= 0.3 is 5.97 Å². The quantitative estimate of drug-likeness (QED) is 0.565. The fourth-order valence-electron chi connectivity index (χ4n) is 4.48. The maximum Gasteiger partial charge on any atom is 0.312 e. The van der Waals surface area contributed by atoms with Crippen molar-refractivity contribution in [2.75, 3.05) is 40.8 Å². The molecule has 2 fully saturated rings. The minimum Gasteiger partial charge on any atom is -0.496 e. The number of pyridine rings is 1. The van der Waals surface area contributed by atoms with Gasteiger partial charge < -0.3 is 24.4 Å². The number of hydrogen-bond acceptors (Lipinski definition) is 7. The van der Waals surface area contributed by atoms with Crippen LogP contribution in [-0.2, 0) is 14.3 Å². The highest BCUT2D eigenvalue weighted by atomic mass is 16.6. The number of cyclic esters (lactones) is 1. The average Bonchev–Trinajstić information content (AvgIpc) is 3.06. The van der Waals surface area contributed by atoms with Crippen LogP contribution in [0.2, 0.25) is 0 Å². The molecule has 1 unspecified atom stereocenters. The maximum atomic E-state index is 13.1. The van der Waals surface area contributed by atoms with Crippen LogP contribution in [0.25, 0.3) is 10.9 Å². The molecule has 2 aromatic rings. The number of rotatable bonds is 4. The van der Waals surface area contributed by atoms with Crippen molar-refractivity contribution in [1.82, 2.24) is 14.8 Å². The number of ether oxygens (including phenoxy) is 2. The summed E-state index contributed by atoms with van der Waals surface area (Å²) in [5.41, 5.74) is 0.650. The lowest BCUT2D eigenvalue weighted by atomic mass is 9.76. The van der Waals surface area contributed by atoms with E-state index in [0.717, 1.165) is 23.9 Å². The molecule has 1 aromatic heterocycles. The van der Waals surface area contributed by atoms with Crippen molar-refractivity contribution in [3.05, 3.63) is 36.0 Å². The number of likely N-dealkylation sites (tertiary alicyclic amines) is 1. The minimum atomic E-state index is -0.452. The maximum absolute atomic E-state index is 13.1. The van der Waals surface area contributed by atoms with Gasteiger partial charge in [-0.3, -0.25) is 14.4 Å². The molecule has 3 heterocycles. The summed E-state index contributed by atoms with van der Waals surface area (Å²) in [6.45, 7) is 1.54. The third kappa shape index (κ3) is 4.83. The van der Waals surface area contributed by atoms with E-state index in [1.54, 1.807) is 18.1 Å². The highest BCUT2D eigenvalue weighted by molar-refractivity contribution is 5.97. The molecule has 2 saturated heterocycles. The van der Waals surface area contributed by atoms with E-state index in [-0.39, 0.29) is 24.5 Å². The van der Waals surface area contributed by atoms with Gasteiger partial charge in [0.25, 0.3) is 12.4 Å². The SMILES string of the molecule is COc1cc(C(=O)N2CCC3(CC2)CC(CN(C)C)OC3=O)nc2ccccc12.O=CO. The number of nitrogens with zero attached hydrogens (tertiary/aromatic N) is 3. The van der Waals surface area contributed by atoms with Gasteiger partial charge in [0.15, 0.2) is 0 Å². The van der Waals surface area contributed by atoms with Crippen LogP contribution in [-0.4, -0.2) is 85.2 Å². The molecule has 4 rings (SSSR count). The van der Waals surface area contributed by atoms with Gasteiger partial charge in [-0.05, 0) is 39.1 Å². The Morgan fingerprint density at radius 3 is 2.62 bits per heavy atom. The largest absolute Gasteiger partial charge is 0.496 e. The van der Waals surface area contributed by atoms with E-state index < -0.39 is 5.41 Å². The van der Waals surface area contributed by atoms with Gasteiger partial charge in [0.05, 0.1) is 18.0 Å². The van der Waals surface area contributed by atoms with Crippen LogP contribution in [0.3, 0.4) is 0 Å². The molecule has 32 heavy (non-hydrogen) atoms. The number of esters is 1. The van der Waals surface area contributed by atoms with Crippen LogP contribution in [0.15, 0.2) is 30.3 Å². The number of methoxy groups -OCH3 is 1. The Labute approximate surface area is 186 Å². The van der Waals surface area contributed by atoms with Crippen LogP contribution in [0.1, 0.15) is 29.8 Å². The molecular weight excluding hydrogens is 414 g/mol. The Bertz CT molecular complexity index is 985. The number of amides is 1. The number of piperidine rings is 1. The first-order chi connectivity index (χ1) is 15.3. The summed E-state index contributed by atoms with van der Waals surface area (Å²) in [6, 6.07) is 9.31. The van der Waals surface area contributed by atoms with Gasteiger partial charge in [-0.25, -0.2) is 4.98 Å². The van der Waals surface area contributed by atoms with Crippen molar-refractivity contribution in [1.29, 1.82) is 0 Å². The molecule has 1 N–H and O–H groups in total. The molecule has 1 atom stereocenters. The number of hydrogen-bond donors (Lipinski definition) is 1. The van der Waals surface area contributed by atoms with Gasteiger partial charge in [0, 0.05) is 37.5 Å². The molecule has 2 aliphatic rings. The lowest BCUT2D eigenvalue weighted by Gasteiger charge is -2.36. The van der Waals surface area contributed by atoms with Crippen molar-refractivity contribution in [2.45, 2.75) is 25.4 Å². The average molecular weight is 444 g/mol. The molecule has 1 aromatic carbocycles. The van der Waals surface area contributed by atoms with Crippen LogP contribution >= 0.6 is 0 Å². The van der Waals surface area contributed by atoms with Crippen LogP contribution in [0, 0.1) is 5.41 Å². The Balaban J connectivity index is 0.000000913. The molecule has 0 aliphatic carbocycles. The van der Waals surface area contributed by atoms with Gasteiger partial charge in [0.2, 0.25) is 0 Å². The second-order valence-corrected chi connectivity index (χ2v) is 8.40. The third-order valence-electron chi connectivity index (χ3n) is 6.02. The number of para-hydroxylation sites is 1. The van der Waals surface area contributed by atoms with E-state index in [0.29, 0.717) is 37.4 Å². The monoisotopic (exact) mass is 443 g/mol. The lowest BCUT2D eigenvalue weighted by molar-refractivity contribution is -0.150. The number of benzene rings is 1. The van der Waals surface area contributed by atoms with Crippen molar-refractivity contribution in [3.8, 4) is 5.75 Å². The molecule has 0 radical (unpaired) electrons. The fraction of sp³-hybridized carbons (Fsp3) is 0.478. The zero-order valence-corrected chi connectivity index (χ0v) is 18.6. The predicted molar refractivity (Wildman–Crippen MR) is 118 cm³/mol. The van der Waals surface area contributed by atoms with Crippen molar-refractivity contribution in [3.63, 3.8) is 0 Å². The van der Waals surface area contributed by atoms with E-state index in [4.69, 9.17) is 19.4 Å². The van der Waals surface area contributed by atoms with E-state index >= 15 is 0 Å². The second-order valence-electron chi connectivity index (χ2n) is 8.40. The molecule has 9 heteroatoms. The molecule has 1 amide bonds. The van der Waals surface area contributed by atoms with E-state index in [9.17, 15) is 9.59 Å². The first kappa shape index (κ1) is 23.5. The number of likely N-dealkylation sites (N-methyl/N-ethyl adjacent to an activating group) is 1. The van der Waals surface area contributed by atoms with Crippen molar-refractivity contribution in [2.24, 2.45) is 5.41 Å². The van der Waals surface area contributed by atoms with E-state index in [1.165, 1.54) is 0 Å². The van der Waals surface area contributed by atoms with Crippen LogP contribution in [0.5, 0.6) is 5.75 Å². The van der Waals surface area contributed by atoms with Crippen molar-refractivity contribution >= 4 is 29.3 Å². The molecule has 9 nitrogen and oxygen atoms in total. The Morgan fingerprint density at radius 1 is 1.34 bits per heavy atom. The van der Waals surface area contributed by atoms with Crippen molar-refractivity contribution < 1.29 is 29.0 Å². The van der Waals surface area contributed by atoms with E-state index in [1.807, 2.05) is 43.3 Å². The topological polar surface area (TPSA) is 109 Å². The summed E-state index contributed by atoms with van der Waals surface area (Å²) in [5, 5.41) is 7.77. The van der Waals surface area contributed by atoms with Gasteiger partial charge in [-0.15, -0.1) is 0 Å². The molecule has 0 saturated carbocycles. The highest BCUT2D eigenvalue weighted by Gasteiger charge is 2.50. The Morgan fingerprint density at radius 2 is 2.00 bits per heavy atom. The molecule has 2 aliphatic heterocycles. The lowest BCUT2D eigenvalue weighted by Crippen LogP contribution is -2.45. The Hall–Kier alpha value is -3.20. The van der Waals surface area contributed by atoms with Crippen LogP contribution in [0.4, 0.5) is 0 Å².